The Morgan fingerprint density at radius 2 is 1.16 bits per heavy atom. The second kappa shape index (κ2) is 22.2. The minimum absolute atomic E-state index is 0.0266. The van der Waals surface area contributed by atoms with E-state index in [1.165, 1.54) is 0 Å². The van der Waals surface area contributed by atoms with E-state index in [1.54, 1.807) is 20.8 Å². The van der Waals surface area contributed by atoms with E-state index in [1.807, 2.05) is 105 Å². The first-order valence-electron chi connectivity index (χ1n) is 19.2. The second-order valence-corrected chi connectivity index (χ2v) is 15.7. The molecule has 0 aliphatic heterocycles. The molecule has 6 atom stereocenters. The van der Waals surface area contributed by atoms with Crippen LogP contribution in [-0.2, 0) is 48.0 Å². The van der Waals surface area contributed by atoms with Gasteiger partial charge in [0.1, 0.15) is 17.7 Å². The van der Waals surface area contributed by atoms with Gasteiger partial charge in [-0.3, -0.25) is 29.3 Å². The maximum Gasteiger partial charge on any atom is 0.414 e. The van der Waals surface area contributed by atoms with Crippen molar-refractivity contribution in [3.05, 3.63) is 108 Å². The highest BCUT2D eigenvalue weighted by Gasteiger charge is 2.33. The number of ether oxygens (including phenoxy) is 1. The number of imide groups is 1. The van der Waals surface area contributed by atoms with Gasteiger partial charge in [-0.15, -0.1) is 0 Å². The van der Waals surface area contributed by atoms with Crippen molar-refractivity contribution in [2.24, 2.45) is 23.3 Å². The highest BCUT2D eigenvalue weighted by Crippen LogP contribution is 2.20. The highest BCUT2D eigenvalue weighted by atomic mass is 16.6. The highest BCUT2D eigenvalue weighted by molar-refractivity contribution is 5.95. The van der Waals surface area contributed by atoms with Crippen LogP contribution in [0.2, 0.25) is 0 Å². The number of aliphatic hydroxyl groups is 1. The van der Waals surface area contributed by atoms with Crippen molar-refractivity contribution in [3.63, 3.8) is 0 Å². The molecule has 0 heterocycles. The van der Waals surface area contributed by atoms with E-state index in [4.69, 9.17) is 16.2 Å². The number of aliphatic hydroxyl groups excluding tert-OH is 1. The third-order valence-electron chi connectivity index (χ3n) is 8.98. The molecule has 0 aliphatic rings. The van der Waals surface area contributed by atoms with Crippen LogP contribution < -0.4 is 32.7 Å². The van der Waals surface area contributed by atoms with E-state index in [-0.39, 0.29) is 38.0 Å². The van der Waals surface area contributed by atoms with Crippen molar-refractivity contribution in [3.8, 4) is 0 Å². The number of amides is 6. The lowest BCUT2D eigenvalue weighted by molar-refractivity contribution is -0.133. The van der Waals surface area contributed by atoms with Gasteiger partial charge in [0.25, 0.3) is 0 Å². The Kier molecular flexibility index (Phi) is 17.8. The zero-order valence-electron chi connectivity index (χ0n) is 33.4. The van der Waals surface area contributed by atoms with Crippen LogP contribution in [0.15, 0.2) is 91.0 Å². The van der Waals surface area contributed by atoms with Crippen LogP contribution in [-0.4, -0.2) is 76.6 Å². The van der Waals surface area contributed by atoms with E-state index >= 15 is 0 Å². The predicted molar refractivity (Wildman–Crippen MR) is 216 cm³/mol. The molecule has 308 valence electrons. The average Bonchev–Trinajstić information content (AvgIpc) is 3.13. The number of nitrogens with one attached hydrogen (secondary N) is 4. The van der Waals surface area contributed by atoms with Crippen molar-refractivity contribution < 1.29 is 38.6 Å². The summed E-state index contributed by atoms with van der Waals surface area (Å²) in [5.41, 5.74) is 13.3. The monoisotopic (exact) mass is 786 g/mol. The number of rotatable bonds is 20. The van der Waals surface area contributed by atoms with Crippen LogP contribution in [0.25, 0.3) is 0 Å². The molecule has 0 radical (unpaired) electrons. The molecule has 0 aromatic heterocycles. The van der Waals surface area contributed by atoms with Crippen LogP contribution in [0.1, 0.15) is 70.6 Å². The number of benzene rings is 3. The molecule has 3 aromatic rings. The van der Waals surface area contributed by atoms with Gasteiger partial charge in [-0.25, -0.2) is 4.79 Å². The summed E-state index contributed by atoms with van der Waals surface area (Å²) in [6, 6.07) is 23.0. The summed E-state index contributed by atoms with van der Waals surface area (Å²) in [7, 11) is 0. The summed E-state index contributed by atoms with van der Waals surface area (Å²) in [4.78, 5) is 78.3. The minimum atomic E-state index is -1.39. The molecular weight excluding hydrogens is 729 g/mol. The first kappa shape index (κ1) is 45.8. The summed E-state index contributed by atoms with van der Waals surface area (Å²) in [6.07, 6.45) is -2.21. The van der Waals surface area contributed by atoms with Crippen molar-refractivity contribution in [1.29, 1.82) is 0 Å². The molecule has 9 N–H and O–H groups in total. The van der Waals surface area contributed by atoms with E-state index in [0.29, 0.717) is 0 Å². The normalized spacial score (nSPS) is 14.5. The first-order valence-corrected chi connectivity index (χ1v) is 19.2. The van der Waals surface area contributed by atoms with E-state index in [2.05, 4.69) is 21.3 Å². The molecule has 6 amide bonds. The molecule has 0 saturated carbocycles. The summed E-state index contributed by atoms with van der Waals surface area (Å²) in [6.45, 7) is 8.71. The molecule has 0 aliphatic carbocycles. The smallest absolute Gasteiger partial charge is 0.414 e. The van der Waals surface area contributed by atoms with Crippen molar-refractivity contribution in [2.75, 3.05) is 0 Å². The summed E-state index contributed by atoms with van der Waals surface area (Å²) in [5.74, 6) is -4.31. The van der Waals surface area contributed by atoms with E-state index in [0.717, 1.165) is 16.7 Å². The van der Waals surface area contributed by atoms with Crippen LogP contribution in [0, 0.1) is 11.8 Å². The Morgan fingerprint density at radius 1 is 0.667 bits per heavy atom. The number of primary amides is 1. The summed E-state index contributed by atoms with van der Waals surface area (Å²) in [5, 5.41) is 22.2. The van der Waals surface area contributed by atoms with Crippen LogP contribution in [0.5, 0.6) is 0 Å². The number of carbonyl (C=O) groups excluding carboxylic acids is 6. The third kappa shape index (κ3) is 17.0. The standard InChI is InChI=1S/C43H58N6O8/c1-27(2)21-35(41(55)47-34(38(45)52)24-30-19-13-8-14-20-30)48-39(53)31(22-28-15-9-6-10-16-28)25-36(50)33(23-29-17-11-7-12-18-29)46-40(54)32(44)26-37(51)49-42(56)57-43(3,4)5/h6-20,27,31-36,50H,21-26,44H2,1-5H3,(H2,45,52)(H,46,54)(H,47,55)(H,48,53)(H,49,51,56). The minimum Gasteiger partial charge on any atom is -0.444 e. The second-order valence-electron chi connectivity index (χ2n) is 15.7. The number of alkyl carbamates (subject to hydrolysis) is 1. The maximum atomic E-state index is 14.2. The van der Waals surface area contributed by atoms with Crippen molar-refractivity contribution in [2.45, 2.75) is 109 Å². The number of nitrogens with two attached hydrogens (primary N) is 2. The molecule has 57 heavy (non-hydrogen) atoms. The Balaban J connectivity index is 1.83. The largest absolute Gasteiger partial charge is 0.444 e. The number of hydrogen-bond donors (Lipinski definition) is 7. The van der Waals surface area contributed by atoms with Crippen LogP contribution >= 0.6 is 0 Å². The molecule has 14 nitrogen and oxygen atoms in total. The van der Waals surface area contributed by atoms with E-state index in [9.17, 15) is 33.9 Å². The molecule has 3 rings (SSSR count). The molecule has 0 fully saturated rings. The number of hydrogen-bond acceptors (Lipinski definition) is 9. The molecule has 6 unspecified atom stereocenters. The zero-order chi connectivity index (χ0) is 42.1. The average molecular weight is 787 g/mol. The Morgan fingerprint density at radius 3 is 1.65 bits per heavy atom. The van der Waals surface area contributed by atoms with E-state index < -0.39 is 83.8 Å². The molecule has 14 heteroatoms. The lowest BCUT2D eigenvalue weighted by Crippen LogP contribution is -2.55. The predicted octanol–water partition coefficient (Wildman–Crippen LogP) is 2.84. The van der Waals surface area contributed by atoms with Gasteiger partial charge in [0.15, 0.2) is 0 Å². The third-order valence-corrected chi connectivity index (χ3v) is 8.98. The lowest BCUT2D eigenvalue weighted by atomic mass is 9.88. The summed E-state index contributed by atoms with van der Waals surface area (Å²) >= 11 is 0. The fourth-order valence-corrected chi connectivity index (χ4v) is 6.18. The van der Waals surface area contributed by atoms with Crippen molar-refractivity contribution in [1.82, 2.24) is 21.3 Å². The molecule has 0 bridgehead atoms. The topological polar surface area (TPSA) is 232 Å². The Bertz CT molecular complexity index is 1770. The molecule has 3 aromatic carbocycles. The molecule has 0 spiro atoms. The summed E-state index contributed by atoms with van der Waals surface area (Å²) < 4.78 is 5.10. The quantitative estimate of drug-likeness (QED) is 0.0892. The van der Waals surface area contributed by atoms with Crippen LogP contribution in [0.4, 0.5) is 4.79 Å². The lowest BCUT2D eigenvalue weighted by Gasteiger charge is -2.30. The van der Waals surface area contributed by atoms with Gasteiger partial charge in [0.2, 0.25) is 29.5 Å². The zero-order valence-corrected chi connectivity index (χ0v) is 33.4. The van der Waals surface area contributed by atoms with Gasteiger partial charge in [-0.1, -0.05) is 105 Å². The fraction of sp³-hybridized carbons (Fsp3) is 0.442. The maximum absolute atomic E-state index is 14.2. The van der Waals surface area contributed by atoms with Gasteiger partial charge >= 0.3 is 6.09 Å². The van der Waals surface area contributed by atoms with Crippen molar-refractivity contribution >= 4 is 35.6 Å². The molecule has 0 saturated heterocycles. The van der Waals surface area contributed by atoms with Crippen LogP contribution in [0.3, 0.4) is 0 Å². The van der Waals surface area contributed by atoms with Gasteiger partial charge < -0.3 is 37.3 Å². The SMILES string of the molecule is CC(C)CC(NC(=O)C(Cc1ccccc1)CC(O)C(Cc1ccccc1)NC(=O)C(N)CC(=O)NC(=O)OC(C)(C)C)C(=O)NC(Cc1ccccc1)C(N)=O. The van der Waals surface area contributed by atoms with Gasteiger partial charge in [-0.05, 0) is 69.1 Å². The Hall–Kier alpha value is -5.60. The molecular formula is C43H58N6O8. The fourth-order valence-electron chi connectivity index (χ4n) is 6.18. The first-order chi connectivity index (χ1) is 26.9. The van der Waals surface area contributed by atoms with Gasteiger partial charge in [0.05, 0.1) is 24.6 Å². The number of carbonyl (C=O) groups is 6. The Labute approximate surface area is 334 Å². The van der Waals surface area contributed by atoms with Gasteiger partial charge in [-0.2, -0.15) is 0 Å². The van der Waals surface area contributed by atoms with Gasteiger partial charge in [0, 0.05) is 12.3 Å².